The first kappa shape index (κ1) is 39.9. The summed E-state index contributed by atoms with van der Waals surface area (Å²) < 4.78 is 39.1. The Bertz CT molecular complexity index is 1660. The van der Waals surface area contributed by atoms with Crippen LogP contribution in [0.5, 0.6) is 5.88 Å². The number of likely N-dealkylation sites (tertiary alicyclic amines) is 1. The largest absolute Gasteiger partial charge is 0.473 e. The van der Waals surface area contributed by atoms with E-state index in [1.165, 1.54) is 12.1 Å². The van der Waals surface area contributed by atoms with Crippen molar-refractivity contribution in [1.29, 1.82) is 5.26 Å². The van der Waals surface area contributed by atoms with Gasteiger partial charge in [-0.2, -0.15) is 10.2 Å². The summed E-state index contributed by atoms with van der Waals surface area (Å²) in [6, 6.07) is 16.6. The fourth-order valence-electron chi connectivity index (χ4n) is 5.00. The number of rotatable bonds is 10. The minimum Gasteiger partial charge on any atom is -0.473 e. The van der Waals surface area contributed by atoms with E-state index in [0.29, 0.717) is 55.2 Å². The number of carbonyl (C=O) groups is 1. The lowest BCUT2D eigenvalue weighted by Gasteiger charge is -2.34. The van der Waals surface area contributed by atoms with Crippen LogP contribution in [0, 0.1) is 17.1 Å². The number of nitrogens with zero attached hydrogens (tertiary/aromatic N) is 5. The van der Waals surface area contributed by atoms with Crippen LogP contribution >= 0.6 is 0 Å². The van der Waals surface area contributed by atoms with Crippen molar-refractivity contribution in [2.24, 2.45) is 5.73 Å². The van der Waals surface area contributed by atoms with Gasteiger partial charge in [-0.3, -0.25) is 9.69 Å². The highest BCUT2D eigenvalue weighted by atomic mass is 19.3. The van der Waals surface area contributed by atoms with Crippen molar-refractivity contribution >= 4 is 16.9 Å². The van der Waals surface area contributed by atoms with E-state index in [-0.39, 0.29) is 19.3 Å². The normalized spacial score (nSPS) is 18.2. The molecule has 2 aliphatic rings. The second-order valence-corrected chi connectivity index (χ2v) is 11.3. The molecule has 0 bridgehead atoms. The van der Waals surface area contributed by atoms with Crippen molar-refractivity contribution in [3.8, 4) is 11.9 Å². The highest BCUT2D eigenvalue weighted by Crippen LogP contribution is 2.24. The van der Waals surface area contributed by atoms with Crippen molar-refractivity contribution in [2.45, 2.75) is 78.0 Å². The number of ether oxygens (including phenoxy) is 2. The SMILES string of the molecule is CC.CCCO.N#Cc1ccc(COc2ccccn2)c(F)c1.NC(=O)c1ccc2nc(CN3CCC(O)C(OF)C3)n(CC3CCO3)c2c1. The van der Waals surface area contributed by atoms with E-state index in [1.807, 2.05) is 36.3 Å². The summed E-state index contributed by atoms with van der Waals surface area (Å²) in [5, 5.41) is 26.3. The second kappa shape index (κ2) is 20.9. The first-order chi connectivity index (χ1) is 24.3. The van der Waals surface area contributed by atoms with Gasteiger partial charge in [-0.15, -0.1) is 0 Å². The Morgan fingerprint density at radius 1 is 1.18 bits per heavy atom. The van der Waals surface area contributed by atoms with Crippen LogP contribution in [-0.4, -0.2) is 80.2 Å². The summed E-state index contributed by atoms with van der Waals surface area (Å²) in [4.78, 5) is 26.1. The molecule has 0 aliphatic carbocycles. The van der Waals surface area contributed by atoms with Crippen LogP contribution < -0.4 is 10.5 Å². The predicted molar refractivity (Wildman–Crippen MR) is 183 cm³/mol. The van der Waals surface area contributed by atoms with Gasteiger partial charge in [-0.25, -0.2) is 14.4 Å². The average molecular weight is 697 g/mol. The number of hydrogen-bond donors (Lipinski definition) is 3. The lowest BCUT2D eigenvalue weighted by molar-refractivity contribution is -0.223. The fraction of sp³-hybridized carbons (Fsp3) is 0.444. The maximum Gasteiger partial charge on any atom is 0.248 e. The number of aliphatic hydroxyl groups is 2. The Morgan fingerprint density at radius 2 is 1.94 bits per heavy atom. The van der Waals surface area contributed by atoms with Gasteiger partial charge in [0.1, 0.15) is 24.4 Å². The molecule has 2 aromatic heterocycles. The van der Waals surface area contributed by atoms with Crippen molar-refractivity contribution in [2.75, 3.05) is 26.3 Å². The average Bonchev–Trinajstić information content (AvgIpc) is 3.47. The van der Waals surface area contributed by atoms with Crippen LogP contribution in [0.25, 0.3) is 11.0 Å². The van der Waals surface area contributed by atoms with Gasteiger partial charge in [0.15, 0.2) is 0 Å². The van der Waals surface area contributed by atoms with Crippen LogP contribution in [0.1, 0.15) is 67.3 Å². The van der Waals surface area contributed by atoms with E-state index in [9.17, 15) is 18.8 Å². The topological polar surface area (TPSA) is 169 Å². The highest BCUT2D eigenvalue weighted by Gasteiger charge is 2.31. The van der Waals surface area contributed by atoms with Gasteiger partial charge in [0, 0.05) is 49.7 Å². The van der Waals surface area contributed by atoms with Gasteiger partial charge in [0.25, 0.3) is 0 Å². The van der Waals surface area contributed by atoms with Crippen LogP contribution in [0.3, 0.4) is 0 Å². The van der Waals surface area contributed by atoms with Gasteiger partial charge in [-0.1, -0.05) is 32.9 Å². The number of halogens is 2. The zero-order valence-electron chi connectivity index (χ0n) is 28.7. The van der Waals surface area contributed by atoms with Crippen molar-refractivity contribution in [3.05, 3.63) is 89.1 Å². The van der Waals surface area contributed by atoms with Gasteiger partial charge >= 0.3 is 0 Å². The number of fused-ring (bicyclic) bond motifs is 1. The van der Waals surface area contributed by atoms with E-state index in [1.54, 1.807) is 48.7 Å². The van der Waals surface area contributed by atoms with Gasteiger partial charge in [0.2, 0.25) is 11.8 Å². The maximum atomic E-state index is 13.5. The van der Waals surface area contributed by atoms with Crippen molar-refractivity contribution < 1.29 is 38.3 Å². The molecular formula is C36H46F2N6O6. The smallest absolute Gasteiger partial charge is 0.248 e. The predicted octanol–water partition coefficient (Wildman–Crippen LogP) is 4.85. The number of carbonyl (C=O) groups excluding carboxylic acids is 1. The van der Waals surface area contributed by atoms with E-state index in [4.69, 9.17) is 30.6 Å². The standard InChI is InChI=1S/C18H23FN4O4.C13H9FN2O.C3H8O.C2H6/c19-27-16-9-22(5-3-15(16)24)10-17-21-13-2-1-11(18(20)25)7-14(13)23(17)8-12-4-6-26-12;14-12-7-10(8-15)4-5-11(12)9-17-13-3-1-2-6-16-13;1-2-3-4;1-2/h1-2,7,12,15-16,24H,3-6,8-10H2,(H2,20,25);1-7H,9H2;4H,2-3H2,1H3;1-2H3. The molecule has 50 heavy (non-hydrogen) atoms. The maximum absolute atomic E-state index is 13.5. The number of amides is 1. The van der Waals surface area contributed by atoms with Gasteiger partial charge < -0.3 is 30.0 Å². The Morgan fingerprint density at radius 3 is 2.52 bits per heavy atom. The summed E-state index contributed by atoms with van der Waals surface area (Å²) in [6.45, 7) is 9.12. The molecule has 0 saturated carbocycles. The molecule has 2 aliphatic heterocycles. The number of pyridine rings is 1. The minimum atomic E-state index is -0.854. The van der Waals surface area contributed by atoms with Crippen LogP contribution in [0.15, 0.2) is 60.8 Å². The molecule has 1 amide bonds. The fourth-order valence-corrected chi connectivity index (χ4v) is 5.00. The van der Waals surface area contributed by atoms with Crippen LogP contribution in [-0.2, 0) is 29.4 Å². The molecule has 4 heterocycles. The third-order valence-electron chi connectivity index (χ3n) is 7.80. The number of nitriles is 1. The number of piperidine rings is 1. The third kappa shape index (κ3) is 11.5. The molecule has 12 nitrogen and oxygen atoms in total. The summed E-state index contributed by atoms with van der Waals surface area (Å²) in [5.41, 5.74) is 8.13. The molecule has 270 valence electrons. The number of hydrogen-bond acceptors (Lipinski definition) is 10. The van der Waals surface area contributed by atoms with Crippen molar-refractivity contribution in [1.82, 2.24) is 19.4 Å². The Hall–Kier alpha value is -4.52. The summed E-state index contributed by atoms with van der Waals surface area (Å²) in [6.07, 6.45) is 2.35. The van der Waals surface area contributed by atoms with Crippen LogP contribution in [0.4, 0.5) is 8.92 Å². The van der Waals surface area contributed by atoms with Crippen LogP contribution in [0.2, 0.25) is 0 Å². The Kier molecular flexibility index (Phi) is 16.7. The quantitative estimate of drug-likeness (QED) is 0.209. The summed E-state index contributed by atoms with van der Waals surface area (Å²) in [7, 11) is 0. The molecule has 6 rings (SSSR count). The molecular weight excluding hydrogens is 650 g/mol. The van der Waals surface area contributed by atoms with E-state index in [2.05, 4.69) is 9.93 Å². The summed E-state index contributed by atoms with van der Waals surface area (Å²) in [5.74, 6) is 0.311. The minimum absolute atomic E-state index is 0.0918. The molecule has 3 atom stereocenters. The number of benzene rings is 2. The number of aromatic nitrogens is 3. The molecule has 4 aromatic rings. The Balaban J connectivity index is 0.000000252. The number of nitrogens with two attached hydrogens (primary N) is 1. The molecule has 2 fully saturated rings. The lowest BCUT2D eigenvalue weighted by Crippen LogP contribution is -2.47. The summed E-state index contributed by atoms with van der Waals surface area (Å²) >= 11 is 0. The molecule has 2 aromatic carbocycles. The van der Waals surface area contributed by atoms with E-state index < -0.39 is 23.9 Å². The monoisotopic (exact) mass is 696 g/mol. The first-order valence-electron chi connectivity index (χ1n) is 16.7. The molecule has 14 heteroatoms. The van der Waals surface area contributed by atoms with E-state index in [0.717, 1.165) is 36.3 Å². The number of primary amides is 1. The molecule has 3 unspecified atom stereocenters. The van der Waals surface area contributed by atoms with Gasteiger partial charge in [0.05, 0.1) is 48.0 Å². The molecule has 2 saturated heterocycles. The van der Waals surface area contributed by atoms with Crippen molar-refractivity contribution in [3.63, 3.8) is 0 Å². The highest BCUT2D eigenvalue weighted by molar-refractivity contribution is 5.96. The van der Waals surface area contributed by atoms with E-state index >= 15 is 0 Å². The third-order valence-corrected chi connectivity index (χ3v) is 7.80. The van der Waals surface area contributed by atoms with Gasteiger partial charge in [-0.05, 0) is 60.2 Å². The zero-order valence-corrected chi connectivity index (χ0v) is 28.7. The first-order valence-corrected chi connectivity index (χ1v) is 16.7. The number of imidazole rings is 1. The zero-order chi connectivity index (χ0) is 36.5. The molecule has 4 N–H and O–H groups in total. The lowest BCUT2D eigenvalue weighted by atomic mass is 10.1. The number of aliphatic hydroxyl groups excluding tert-OH is 2. The molecule has 0 radical (unpaired) electrons. The Labute approximate surface area is 290 Å². The second-order valence-electron chi connectivity index (χ2n) is 11.3. The molecule has 0 spiro atoms.